The molecule has 3 aromatic carbocycles. The van der Waals surface area contributed by atoms with Gasteiger partial charge in [0, 0.05) is 12.0 Å². The summed E-state index contributed by atoms with van der Waals surface area (Å²) < 4.78 is 11.2. The van der Waals surface area contributed by atoms with E-state index in [1.54, 1.807) is 26.4 Å². The monoisotopic (exact) mass is 372 g/mol. The molecule has 1 aliphatic heterocycles. The Balaban J connectivity index is 1.95. The number of hydrogen-bond donors (Lipinski definition) is 1. The molecule has 0 aliphatic carbocycles. The van der Waals surface area contributed by atoms with Crippen molar-refractivity contribution >= 4 is 22.8 Å². The summed E-state index contributed by atoms with van der Waals surface area (Å²) in [6.07, 6.45) is 0.420. The molecular weight excluding hydrogens is 352 g/mol. The van der Waals surface area contributed by atoms with Gasteiger partial charge in [0.25, 0.3) is 0 Å². The zero-order valence-electron chi connectivity index (χ0n) is 15.7. The Morgan fingerprint density at radius 1 is 0.714 bits per heavy atom. The molecule has 1 heterocycles. The van der Waals surface area contributed by atoms with Gasteiger partial charge in [-0.15, -0.1) is 0 Å². The fourth-order valence-corrected chi connectivity index (χ4v) is 3.33. The molecule has 28 heavy (non-hydrogen) atoms. The Kier molecular flexibility index (Phi) is 4.81. The zero-order valence-corrected chi connectivity index (χ0v) is 15.7. The van der Waals surface area contributed by atoms with Crippen LogP contribution in [0.5, 0.6) is 17.2 Å². The third-order valence-electron chi connectivity index (χ3n) is 4.66. The largest absolute Gasteiger partial charge is 0.507 e. The predicted octanol–water partition coefficient (Wildman–Crippen LogP) is 5.05. The van der Waals surface area contributed by atoms with E-state index in [-0.39, 0.29) is 5.75 Å². The Bertz CT molecular complexity index is 1060. The highest BCUT2D eigenvalue weighted by molar-refractivity contribution is 6.22. The van der Waals surface area contributed by atoms with Crippen LogP contribution < -0.4 is 9.47 Å². The number of phenols is 1. The number of rotatable bonds is 4. The molecule has 140 valence electrons. The number of benzene rings is 3. The van der Waals surface area contributed by atoms with Crippen LogP contribution in [0.25, 0.3) is 0 Å². The van der Waals surface area contributed by atoms with Crippen LogP contribution in [0.1, 0.15) is 17.5 Å². The maximum absolute atomic E-state index is 10.4. The first-order valence-electron chi connectivity index (χ1n) is 8.95. The molecule has 0 saturated carbocycles. The van der Waals surface area contributed by atoms with Gasteiger partial charge >= 0.3 is 0 Å². The van der Waals surface area contributed by atoms with Crippen molar-refractivity contribution in [1.29, 1.82) is 0 Å². The lowest BCUT2D eigenvalue weighted by atomic mass is 9.98. The highest BCUT2D eigenvalue weighted by atomic mass is 16.5. The first-order chi connectivity index (χ1) is 13.7. The Labute approximate surface area is 163 Å². The van der Waals surface area contributed by atoms with Gasteiger partial charge in [0.2, 0.25) is 0 Å². The zero-order chi connectivity index (χ0) is 19.5. The molecular formula is C23H20N2O3. The average molecular weight is 372 g/mol. The highest BCUT2D eigenvalue weighted by Crippen LogP contribution is 2.37. The van der Waals surface area contributed by atoms with Crippen molar-refractivity contribution < 1.29 is 14.6 Å². The van der Waals surface area contributed by atoms with Gasteiger partial charge in [-0.2, -0.15) is 0 Å². The summed E-state index contributed by atoms with van der Waals surface area (Å²) in [5, 5.41) is 10.4. The van der Waals surface area contributed by atoms with Crippen LogP contribution in [0, 0.1) is 0 Å². The lowest BCUT2D eigenvalue weighted by Crippen LogP contribution is -2.12. The molecule has 1 N–H and O–H groups in total. The molecule has 5 heteroatoms. The fraction of sp³-hybridized carbons (Fsp3) is 0.130. The number of aromatic hydroxyl groups is 1. The number of fused-ring (bicyclic) bond motifs is 1. The van der Waals surface area contributed by atoms with Gasteiger partial charge in [-0.1, -0.05) is 30.3 Å². The first-order valence-corrected chi connectivity index (χ1v) is 8.95. The molecule has 1 aliphatic rings. The minimum atomic E-state index is 0.187. The van der Waals surface area contributed by atoms with E-state index in [1.165, 1.54) is 0 Å². The van der Waals surface area contributed by atoms with Gasteiger partial charge in [0.05, 0.1) is 42.6 Å². The van der Waals surface area contributed by atoms with E-state index in [1.807, 2.05) is 54.6 Å². The maximum atomic E-state index is 10.4. The molecule has 4 rings (SSSR count). The molecule has 0 spiro atoms. The van der Waals surface area contributed by atoms with Crippen molar-refractivity contribution in [1.82, 2.24) is 0 Å². The average Bonchev–Trinajstić information content (AvgIpc) is 2.92. The summed E-state index contributed by atoms with van der Waals surface area (Å²) in [7, 11) is 3.25. The second-order valence-corrected chi connectivity index (χ2v) is 6.34. The lowest BCUT2D eigenvalue weighted by molar-refractivity contribution is 0.392. The summed E-state index contributed by atoms with van der Waals surface area (Å²) in [6, 6.07) is 20.5. The fourth-order valence-electron chi connectivity index (χ4n) is 3.33. The van der Waals surface area contributed by atoms with E-state index in [0.717, 1.165) is 28.4 Å². The topological polar surface area (TPSA) is 63.4 Å². The smallest absolute Gasteiger partial charge is 0.131 e. The summed E-state index contributed by atoms with van der Waals surface area (Å²) in [5.41, 5.74) is 4.48. The van der Waals surface area contributed by atoms with Crippen molar-refractivity contribution in [3.63, 3.8) is 0 Å². The molecule has 0 unspecified atom stereocenters. The second kappa shape index (κ2) is 7.56. The van der Waals surface area contributed by atoms with E-state index >= 15 is 0 Å². The van der Waals surface area contributed by atoms with Gasteiger partial charge in [-0.3, -0.25) is 4.99 Å². The first kappa shape index (κ1) is 17.8. The van der Waals surface area contributed by atoms with Crippen LogP contribution in [0.3, 0.4) is 0 Å². The molecule has 3 aromatic rings. The summed E-state index contributed by atoms with van der Waals surface area (Å²) in [6.45, 7) is 0. The Morgan fingerprint density at radius 2 is 1.29 bits per heavy atom. The standard InChI is InChI=1S/C23H20N2O3/c1-27-21-12-7-13-22(28-2)23(21)19-14-18(15-8-3-6-11-20(15)26)24-16-9-4-5-10-17(16)25-19/h3-13,26H,14H2,1-2H3. The number of para-hydroxylation sites is 3. The van der Waals surface area contributed by atoms with E-state index in [9.17, 15) is 5.11 Å². The summed E-state index contributed by atoms with van der Waals surface area (Å²) in [4.78, 5) is 9.71. The molecule has 0 fully saturated rings. The van der Waals surface area contributed by atoms with Crippen molar-refractivity contribution in [2.45, 2.75) is 6.42 Å². The Hall–Kier alpha value is -3.60. The second-order valence-electron chi connectivity index (χ2n) is 6.34. The van der Waals surface area contributed by atoms with Crippen LogP contribution in [0.15, 0.2) is 76.7 Å². The van der Waals surface area contributed by atoms with E-state index in [4.69, 9.17) is 19.5 Å². The van der Waals surface area contributed by atoms with Crippen LogP contribution in [0.4, 0.5) is 11.4 Å². The molecule has 0 bridgehead atoms. The van der Waals surface area contributed by atoms with E-state index in [2.05, 4.69) is 0 Å². The van der Waals surface area contributed by atoms with Crippen LogP contribution >= 0.6 is 0 Å². The minimum absolute atomic E-state index is 0.187. The molecule has 0 saturated heterocycles. The number of nitrogens with zero attached hydrogens (tertiary/aromatic N) is 2. The normalized spacial score (nSPS) is 13.1. The number of phenolic OH excluding ortho intramolecular Hbond substituents is 1. The van der Waals surface area contributed by atoms with Gasteiger partial charge < -0.3 is 14.6 Å². The quantitative estimate of drug-likeness (QED) is 0.697. The molecule has 0 radical (unpaired) electrons. The van der Waals surface area contributed by atoms with Gasteiger partial charge in [0.15, 0.2) is 0 Å². The van der Waals surface area contributed by atoms with Crippen molar-refractivity contribution in [3.8, 4) is 17.2 Å². The minimum Gasteiger partial charge on any atom is -0.507 e. The van der Waals surface area contributed by atoms with Crippen LogP contribution in [-0.4, -0.2) is 30.7 Å². The third kappa shape index (κ3) is 3.22. The summed E-state index contributed by atoms with van der Waals surface area (Å²) >= 11 is 0. The van der Waals surface area contributed by atoms with Crippen LogP contribution in [-0.2, 0) is 0 Å². The van der Waals surface area contributed by atoms with Gasteiger partial charge in [0.1, 0.15) is 17.2 Å². The van der Waals surface area contributed by atoms with Gasteiger partial charge in [-0.25, -0.2) is 4.99 Å². The number of ether oxygens (including phenoxy) is 2. The molecule has 5 nitrogen and oxygen atoms in total. The van der Waals surface area contributed by atoms with Gasteiger partial charge in [-0.05, 0) is 36.4 Å². The van der Waals surface area contributed by atoms with E-state index < -0.39 is 0 Å². The molecule has 0 aromatic heterocycles. The van der Waals surface area contributed by atoms with Crippen molar-refractivity contribution in [3.05, 3.63) is 77.9 Å². The number of hydrogen-bond acceptors (Lipinski definition) is 5. The molecule has 0 amide bonds. The number of aliphatic imine (C=N–C) groups is 2. The predicted molar refractivity (Wildman–Crippen MR) is 111 cm³/mol. The lowest BCUT2D eigenvalue weighted by Gasteiger charge is -2.15. The highest BCUT2D eigenvalue weighted by Gasteiger charge is 2.23. The van der Waals surface area contributed by atoms with Crippen molar-refractivity contribution in [2.24, 2.45) is 9.98 Å². The number of methoxy groups -OCH3 is 2. The SMILES string of the molecule is COc1cccc(OC)c1C1=Nc2ccccc2N=C(c2ccccc2O)C1. The van der Waals surface area contributed by atoms with E-state index in [0.29, 0.717) is 23.5 Å². The maximum Gasteiger partial charge on any atom is 0.131 e. The van der Waals surface area contributed by atoms with Crippen molar-refractivity contribution in [2.75, 3.05) is 14.2 Å². The molecule has 0 atom stereocenters. The van der Waals surface area contributed by atoms with Crippen LogP contribution in [0.2, 0.25) is 0 Å². The Morgan fingerprint density at radius 3 is 1.89 bits per heavy atom. The third-order valence-corrected chi connectivity index (χ3v) is 4.66. The summed E-state index contributed by atoms with van der Waals surface area (Å²) in [5.74, 6) is 1.54.